The molecule has 0 bridgehead atoms. The normalized spacial score (nSPS) is 14.4. The zero-order chi connectivity index (χ0) is 18.7. The van der Waals surface area contributed by atoms with Crippen molar-refractivity contribution >= 4 is 28.9 Å². The van der Waals surface area contributed by atoms with Gasteiger partial charge in [0.2, 0.25) is 11.8 Å². The number of carbonyl (C=O) groups excluding carboxylic acids is 2. The highest BCUT2D eigenvalue weighted by molar-refractivity contribution is 5.96. The molecule has 0 radical (unpaired) electrons. The molecule has 1 saturated carbocycles. The molecule has 1 atom stereocenters. The van der Waals surface area contributed by atoms with Gasteiger partial charge in [0.25, 0.3) is 0 Å². The van der Waals surface area contributed by atoms with E-state index in [1.165, 1.54) is 6.07 Å². The Hall–Kier alpha value is -2.96. The van der Waals surface area contributed by atoms with E-state index >= 15 is 0 Å². The summed E-state index contributed by atoms with van der Waals surface area (Å²) in [6.45, 7) is 1.62. The first kappa shape index (κ1) is 17.8. The molecular formula is C19H19F2N3O2. The number of carbonyl (C=O) groups is 2. The topological polar surface area (TPSA) is 70.2 Å². The Bertz CT molecular complexity index is 820. The van der Waals surface area contributed by atoms with Crippen LogP contribution < -0.4 is 16.0 Å². The SMILES string of the molecule is CC(Nc1ccc(NC(=O)C2CC2)cc1)C(=O)Nc1ccc(F)cc1F. The van der Waals surface area contributed by atoms with E-state index in [2.05, 4.69) is 16.0 Å². The fourth-order valence-electron chi connectivity index (χ4n) is 2.39. The maximum absolute atomic E-state index is 13.6. The van der Waals surface area contributed by atoms with E-state index in [1.807, 2.05) is 0 Å². The van der Waals surface area contributed by atoms with Crippen molar-refractivity contribution in [1.82, 2.24) is 0 Å². The van der Waals surface area contributed by atoms with E-state index in [0.717, 1.165) is 18.9 Å². The standard InChI is InChI=1S/C19H19F2N3O2/c1-11(18(25)24-17-9-4-13(20)10-16(17)21)22-14-5-7-15(8-6-14)23-19(26)12-2-3-12/h4-12,22H,2-3H2,1H3,(H,23,26)(H,24,25). The van der Waals surface area contributed by atoms with E-state index in [9.17, 15) is 18.4 Å². The molecule has 26 heavy (non-hydrogen) atoms. The third-order valence-electron chi connectivity index (χ3n) is 4.07. The van der Waals surface area contributed by atoms with Gasteiger partial charge in [0.15, 0.2) is 0 Å². The van der Waals surface area contributed by atoms with Gasteiger partial charge in [-0.15, -0.1) is 0 Å². The summed E-state index contributed by atoms with van der Waals surface area (Å²) in [5.74, 6) is -1.84. The highest BCUT2D eigenvalue weighted by Gasteiger charge is 2.29. The average Bonchev–Trinajstić information content (AvgIpc) is 3.44. The van der Waals surface area contributed by atoms with Crippen molar-refractivity contribution in [2.45, 2.75) is 25.8 Å². The third kappa shape index (κ3) is 4.56. The summed E-state index contributed by atoms with van der Waals surface area (Å²) >= 11 is 0. The largest absolute Gasteiger partial charge is 0.374 e. The van der Waals surface area contributed by atoms with Crippen LogP contribution in [0.2, 0.25) is 0 Å². The Morgan fingerprint density at radius 2 is 1.65 bits per heavy atom. The average molecular weight is 359 g/mol. The lowest BCUT2D eigenvalue weighted by Gasteiger charge is -2.16. The molecule has 0 heterocycles. The first-order valence-electron chi connectivity index (χ1n) is 8.36. The molecule has 2 aromatic rings. The molecule has 1 aliphatic rings. The highest BCUT2D eigenvalue weighted by atomic mass is 19.1. The van der Waals surface area contributed by atoms with Crippen LogP contribution in [0.5, 0.6) is 0 Å². The zero-order valence-electron chi connectivity index (χ0n) is 14.2. The summed E-state index contributed by atoms with van der Waals surface area (Å²) in [5, 5.41) is 8.23. The Labute approximate surface area is 149 Å². The number of benzene rings is 2. The third-order valence-corrected chi connectivity index (χ3v) is 4.07. The zero-order valence-corrected chi connectivity index (χ0v) is 14.2. The van der Waals surface area contributed by atoms with Gasteiger partial charge in [-0.25, -0.2) is 8.78 Å². The summed E-state index contributed by atoms with van der Waals surface area (Å²) in [5.41, 5.74) is 1.29. The van der Waals surface area contributed by atoms with E-state index in [1.54, 1.807) is 31.2 Å². The van der Waals surface area contributed by atoms with Crippen molar-refractivity contribution in [3.8, 4) is 0 Å². The first-order chi connectivity index (χ1) is 12.4. The Balaban J connectivity index is 1.55. The minimum Gasteiger partial charge on any atom is -0.374 e. The summed E-state index contributed by atoms with van der Waals surface area (Å²) in [6, 6.07) is 9.28. The van der Waals surface area contributed by atoms with Gasteiger partial charge in [-0.1, -0.05) is 0 Å². The van der Waals surface area contributed by atoms with Gasteiger partial charge >= 0.3 is 0 Å². The van der Waals surface area contributed by atoms with Crippen molar-refractivity contribution < 1.29 is 18.4 Å². The van der Waals surface area contributed by atoms with E-state index in [-0.39, 0.29) is 17.5 Å². The van der Waals surface area contributed by atoms with Crippen molar-refractivity contribution in [3.63, 3.8) is 0 Å². The molecule has 1 aliphatic carbocycles. The lowest BCUT2D eigenvalue weighted by Crippen LogP contribution is -2.32. The maximum atomic E-state index is 13.6. The summed E-state index contributed by atoms with van der Waals surface area (Å²) in [6.07, 6.45) is 1.87. The second kappa shape index (κ2) is 7.51. The molecular weight excluding hydrogens is 340 g/mol. The smallest absolute Gasteiger partial charge is 0.246 e. The van der Waals surface area contributed by atoms with Crippen LogP contribution in [0.15, 0.2) is 42.5 Å². The van der Waals surface area contributed by atoms with Gasteiger partial charge in [0.1, 0.15) is 17.7 Å². The molecule has 2 aromatic carbocycles. The fraction of sp³-hybridized carbons (Fsp3) is 0.263. The molecule has 0 spiro atoms. The van der Waals surface area contributed by atoms with Crippen molar-refractivity contribution in [2.75, 3.05) is 16.0 Å². The second-order valence-corrected chi connectivity index (χ2v) is 6.32. The number of rotatable bonds is 6. The number of halogens is 2. The summed E-state index contributed by atoms with van der Waals surface area (Å²) in [4.78, 5) is 23.9. The highest BCUT2D eigenvalue weighted by Crippen LogP contribution is 2.30. The van der Waals surface area contributed by atoms with Gasteiger partial charge in [-0.3, -0.25) is 9.59 Å². The number of nitrogens with one attached hydrogen (secondary N) is 3. The van der Waals surface area contributed by atoms with Gasteiger partial charge in [0, 0.05) is 23.4 Å². The fourth-order valence-corrected chi connectivity index (χ4v) is 2.39. The number of amides is 2. The van der Waals surface area contributed by atoms with E-state index in [0.29, 0.717) is 17.4 Å². The Kier molecular flexibility index (Phi) is 5.16. The number of hydrogen-bond acceptors (Lipinski definition) is 3. The molecule has 0 saturated heterocycles. The minimum atomic E-state index is -0.832. The molecule has 3 rings (SSSR count). The maximum Gasteiger partial charge on any atom is 0.246 e. The molecule has 1 unspecified atom stereocenters. The molecule has 7 heteroatoms. The lowest BCUT2D eigenvalue weighted by molar-refractivity contribution is -0.117. The van der Waals surface area contributed by atoms with E-state index in [4.69, 9.17) is 0 Å². The van der Waals surface area contributed by atoms with Crippen molar-refractivity contribution in [2.24, 2.45) is 5.92 Å². The van der Waals surface area contributed by atoms with Crippen LogP contribution >= 0.6 is 0 Å². The Morgan fingerprint density at radius 3 is 2.27 bits per heavy atom. The quantitative estimate of drug-likeness (QED) is 0.736. The van der Waals surface area contributed by atoms with Crippen LogP contribution in [0.1, 0.15) is 19.8 Å². The van der Waals surface area contributed by atoms with Crippen molar-refractivity contribution in [3.05, 3.63) is 54.1 Å². The minimum absolute atomic E-state index is 0.0276. The van der Waals surface area contributed by atoms with Gasteiger partial charge in [-0.2, -0.15) is 0 Å². The van der Waals surface area contributed by atoms with Gasteiger partial charge in [0.05, 0.1) is 5.69 Å². The molecule has 0 aliphatic heterocycles. The van der Waals surface area contributed by atoms with Crippen LogP contribution in [0, 0.1) is 17.6 Å². The molecule has 2 amide bonds. The van der Waals surface area contributed by atoms with Crippen molar-refractivity contribution in [1.29, 1.82) is 0 Å². The molecule has 3 N–H and O–H groups in total. The predicted octanol–water partition coefficient (Wildman–Crippen LogP) is 3.75. The molecule has 136 valence electrons. The molecule has 0 aromatic heterocycles. The van der Waals surface area contributed by atoms with Crippen LogP contribution in [0.25, 0.3) is 0 Å². The van der Waals surface area contributed by atoms with Gasteiger partial charge in [-0.05, 0) is 56.2 Å². The molecule has 5 nitrogen and oxygen atoms in total. The Morgan fingerprint density at radius 1 is 1.00 bits per heavy atom. The summed E-state index contributed by atoms with van der Waals surface area (Å²) in [7, 11) is 0. The summed E-state index contributed by atoms with van der Waals surface area (Å²) < 4.78 is 26.5. The first-order valence-corrected chi connectivity index (χ1v) is 8.36. The van der Waals surface area contributed by atoms with Crippen LogP contribution in [0.3, 0.4) is 0 Å². The molecule has 1 fully saturated rings. The number of hydrogen-bond donors (Lipinski definition) is 3. The van der Waals surface area contributed by atoms with Gasteiger partial charge < -0.3 is 16.0 Å². The van der Waals surface area contributed by atoms with Crippen LogP contribution in [-0.4, -0.2) is 17.9 Å². The van der Waals surface area contributed by atoms with E-state index < -0.39 is 23.6 Å². The predicted molar refractivity (Wildman–Crippen MR) is 95.9 cm³/mol. The van der Waals surface area contributed by atoms with Crippen LogP contribution in [-0.2, 0) is 9.59 Å². The van der Waals surface area contributed by atoms with Crippen LogP contribution in [0.4, 0.5) is 25.8 Å². The second-order valence-electron chi connectivity index (χ2n) is 6.32. The lowest BCUT2D eigenvalue weighted by atomic mass is 10.2. The monoisotopic (exact) mass is 359 g/mol. The number of anilines is 3.